The first-order chi connectivity index (χ1) is 41.9. The van der Waals surface area contributed by atoms with E-state index in [2.05, 4.69) is 334 Å². The fraction of sp³-hybridized carbons (Fsp3) is 0.111. The van der Waals surface area contributed by atoms with Crippen LogP contribution < -0.4 is 19.6 Å². The normalized spacial score (nSPS) is 14.6. The van der Waals surface area contributed by atoms with Crippen molar-refractivity contribution in [1.29, 1.82) is 0 Å². The second-order valence-corrected chi connectivity index (χ2v) is 25.0. The van der Waals surface area contributed by atoms with Crippen LogP contribution in [0.15, 0.2) is 283 Å². The number of hydrogen-bond donors (Lipinski definition) is 0. The van der Waals surface area contributed by atoms with E-state index in [1.807, 2.05) is 6.07 Å². The molecule has 3 aliphatic rings. The van der Waals surface area contributed by atoms with Crippen molar-refractivity contribution in [1.82, 2.24) is 0 Å². The van der Waals surface area contributed by atoms with Crippen molar-refractivity contribution < 1.29 is 4.42 Å². The first-order valence-electron chi connectivity index (χ1n) is 30.1. The van der Waals surface area contributed by atoms with Crippen LogP contribution in [0.25, 0.3) is 44.2 Å². The van der Waals surface area contributed by atoms with Gasteiger partial charge in [0.1, 0.15) is 11.2 Å². The lowest BCUT2D eigenvalue weighted by atomic mass is 9.73. The Morgan fingerprint density at radius 3 is 1.19 bits per heavy atom. The van der Waals surface area contributed by atoms with Crippen LogP contribution in [0.5, 0.6) is 0 Å². The third kappa shape index (κ3) is 7.91. The minimum atomic E-state index is -0.287. The van der Waals surface area contributed by atoms with Crippen molar-refractivity contribution in [2.75, 3.05) is 19.6 Å². The predicted molar refractivity (Wildman–Crippen MR) is 360 cm³/mol. The fourth-order valence-electron chi connectivity index (χ4n) is 14.6. The highest BCUT2D eigenvalue weighted by atomic mass is 16.3. The molecule has 1 aliphatic carbocycles. The van der Waals surface area contributed by atoms with Gasteiger partial charge < -0.3 is 24.0 Å². The summed E-state index contributed by atoms with van der Waals surface area (Å²) in [5.74, 6) is 0. The van der Waals surface area contributed by atoms with Gasteiger partial charge in [0.25, 0.3) is 0 Å². The molecule has 0 unspecified atom stereocenters. The van der Waals surface area contributed by atoms with Crippen molar-refractivity contribution in [3.8, 4) is 22.3 Å². The van der Waals surface area contributed by atoms with Crippen LogP contribution in [0.3, 0.4) is 0 Å². The molecule has 13 aromatic rings. The molecule has 0 fully saturated rings. The molecule has 0 radical (unpaired) electrons. The van der Waals surface area contributed by atoms with Crippen LogP contribution in [0.4, 0.5) is 68.2 Å². The zero-order chi connectivity index (χ0) is 58.1. The lowest BCUT2D eigenvalue weighted by Gasteiger charge is -2.42. The first kappa shape index (κ1) is 51.3. The Morgan fingerprint density at radius 2 is 0.640 bits per heavy atom. The monoisotopic (exact) mass is 1110 g/mol. The Morgan fingerprint density at radius 1 is 0.267 bits per heavy atom. The maximum absolute atomic E-state index is 6.40. The van der Waals surface area contributed by atoms with Crippen molar-refractivity contribution in [2.24, 2.45) is 0 Å². The molecule has 2 aliphatic heterocycles. The van der Waals surface area contributed by atoms with E-state index in [-0.39, 0.29) is 16.2 Å². The van der Waals surface area contributed by atoms with Gasteiger partial charge >= 0.3 is 0 Å². The summed E-state index contributed by atoms with van der Waals surface area (Å²) in [5.41, 5.74) is 27.4. The number of rotatable bonds is 9. The Labute approximate surface area is 503 Å². The molecule has 414 valence electrons. The van der Waals surface area contributed by atoms with Crippen LogP contribution in [-0.2, 0) is 16.2 Å². The molecule has 86 heavy (non-hydrogen) atoms. The van der Waals surface area contributed by atoms with Gasteiger partial charge in [0, 0.05) is 72.5 Å². The number of fused-ring (bicyclic) bond motifs is 10. The van der Waals surface area contributed by atoms with Crippen LogP contribution in [0.2, 0.25) is 0 Å². The van der Waals surface area contributed by atoms with Crippen LogP contribution in [-0.4, -0.2) is 0 Å². The average molecular weight is 1110 g/mol. The van der Waals surface area contributed by atoms with Gasteiger partial charge in [-0.3, -0.25) is 0 Å². The average Bonchev–Trinajstić information content (AvgIpc) is 3.11. The summed E-state index contributed by atoms with van der Waals surface area (Å²) in [7, 11) is 0. The van der Waals surface area contributed by atoms with E-state index < -0.39 is 0 Å². The van der Waals surface area contributed by atoms with E-state index in [1.165, 1.54) is 67.3 Å². The number of benzene rings is 12. The Bertz CT molecular complexity index is 4800. The maximum Gasteiger partial charge on any atom is 0.135 e. The summed E-state index contributed by atoms with van der Waals surface area (Å²) in [6, 6.07) is 103. The molecule has 0 spiro atoms. The molecule has 5 nitrogen and oxygen atoms in total. The van der Waals surface area contributed by atoms with E-state index in [0.717, 1.165) is 78.6 Å². The molecular formula is C81H64N4O. The molecule has 3 heterocycles. The smallest absolute Gasteiger partial charge is 0.135 e. The second kappa shape index (κ2) is 19.3. The van der Waals surface area contributed by atoms with Crippen molar-refractivity contribution in [3.63, 3.8) is 0 Å². The quantitative estimate of drug-likeness (QED) is 0.144. The number of hydrogen-bond acceptors (Lipinski definition) is 5. The molecule has 5 heteroatoms. The number of furan rings is 1. The first-order valence-corrected chi connectivity index (χ1v) is 30.1. The van der Waals surface area contributed by atoms with Gasteiger partial charge in [0.2, 0.25) is 0 Å². The largest absolute Gasteiger partial charge is 0.456 e. The summed E-state index contributed by atoms with van der Waals surface area (Å²) in [6.07, 6.45) is 0. The molecule has 0 N–H and O–H groups in total. The molecule has 0 amide bonds. The summed E-state index contributed by atoms with van der Waals surface area (Å²) >= 11 is 0. The highest BCUT2D eigenvalue weighted by Gasteiger charge is 2.40. The van der Waals surface area contributed by atoms with Gasteiger partial charge in [-0.2, -0.15) is 0 Å². The number of anilines is 12. The van der Waals surface area contributed by atoms with Crippen molar-refractivity contribution in [3.05, 3.63) is 312 Å². The molecule has 1 aromatic heterocycles. The predicted octanol–water partition coefficient (Wildman–Crippen LogP) is 22.7. The SMILES string of the molecule is CC1(C)c2ccccc2-c2ccc(N(c3ccc(-c4ccc(N(c5ccc6c(c5)C(C)(C)c5ccccc5N6c5ccccc5)c5ccc6oc7ccccc7c6c5)cc4)cc3)c3ccc4c(c3)C(C)(C)c3ccccc3N4c3ccccc3)cc21. The fourth-order valence-corrected chi connectivity index (χ4v) is 14.6. The topological polar surface area (TPSA) is 26.1 Å². The Kier molecular flexibility index (Phi) is 11.5. The van der Waals surface area contributed by atoms with E-state index in [1.54, 1.807) is 0 Å². The van der Waals surface area contributed by atoms with Crippen molar-refractivity contribution >= 4 is 90.2 Å². The van der Waals surface area contributed by atoms with Gasteiger partial charge in [-0.1, -0.05) is 187 Å². The van der Waals surface area contributed by atoms with Gasteiger partial charge in [0.15, 0.2) is 0 Å². The van der Waals surface area contributed by atoms with Crippen molar-refractivity contribution in [2.45, 2.75) is 57.8 Å². The van der Waals surface area contributed by atoms with Gasteiger partial charge in [-0.15, -0.1) is 0 Å². The third-order valence-corrected chi connectivity index (χ3v) is 19.0. The lowest BCUT2D eigenvalue weighted by Crippen LogP contribution is -2.31. The van der Waals surface area contributed by atoms with E-state index in [0.29, 0.717) is 0 Å². The Balaban J connectivity index is 0.802. The molecule has 0 saturated heterocycles. The summed E-state index contributed by atoms with van der Waals surface area (Å²) in [5, 5.41) is 2.19. The molecule has 16 rings (SSSR count). The number of para-hydroxylation sites is 5. The Hall–Kier alpha value is -10.4. The summed E-state index contributed by atoms with van der Waals surface area (Å²) in [6.45, 7) is 14.2. The van der Waals surface area contributed by atoms with E-state index in [4.69, 9.17) is 4.42 Å². The molecule has 0 saturated carbocycles. The van der Waals surface area contributed by atoms with Crippen LogP contribution >= 0.6 is 0 Å². The van der Waals surface area contributed by atoms with Gasteiger partial charge in [0.05, 0.1) is 22.7 Å². The molecule has 0 bridgehead atoms. The van der Waals surface area contributed by atoms with E-state index in [9.17, 15) is 0 Å². The standard InChI is InChI=1S/C81H64N4O/c1-79(2)67-27-15-13-25-63(67)64-45-41-60(50-70(64)79)83(62-43-47-76-72(52-62)81(5,6)69-29-17-19-31-74(69)85(76)56-23-11-8-12-24-56)58-39-35-54(36-40-58)53-33-37-57(38-34-53)82(59-44-48-78-66(49-59)65-26-14-20-32-77(65)86-78)61-42-46-75-71(51-61)80(3,4)68-28-16-18-30-73(68)84(75)55-21-9-7-10-22-55/h7-52H,1-6H3. The zero-order valence-electron chi connectivity index (χ0n) is 49.3. The van der Waals surface area contributed by atoms with Crippen LogP contribution in [0.1, 0.15) is 74.9 Å². The summed E-state index contributed by atoms with van der Waals surface area (Å²) in [4.78, 5) is 9.73. The highest BCUT2D eigenvalue weighted by molar-refractivity contribution is 6.07. The summed E-state index contributed by atoms with van der Waals surface area (Å²) < 4.78 is 6.40. The van der Waals surface area contributed by atoms with Gasteiger partial charge in [-0.05, 0) is 189 Å². The molecule has 12 aromatic carbocycles. The molecule has 0 atom stereocenters. The minimum absolute atomic E-state index is 0.163. The third-order valence-electron chi connectivity index (χ3n) is 19.0. The van der Waals surface area contributed by atoms with E-state index >= 15 is 0 Å². The van der Waals surface area contributed by atoms with Crippen LogP contribution in [0, 0.1) is 0 Å². The molecular weight excluding hydrogens is 1040 g/mol. The highest BCUT2D eigenvalue weighted by Crippen LogP contribution is 2.57. The number of nitrogens with zero attached hydrogens (tertiary/aromatic N) is 4. The maximum atomic E-state index is 6.40. The zero-order valence-corrected chi connectivity index (χ0v) is 49.3. The lowest BCUT2D eigenvalue weighted by molar-refractivity contribution is 0.632. The second-order valence-electron chi connectivity index (χ2n) is 25.0. The minimum Gasteiger partial charge on any atom is -0.456 e. The van der Waals surface area contributed by atoms with Gasteiger partial charge in [-0.25, -0.2) is 0 Å².